The van der Waals surface area contributed by atoms with Crippen LogP contribution in [-0.4, -0.2) is 8.80 Å². The van der Waals surface area contributed by atoms with Gasteiger partial charge in [-0.1, -0.05) is 146 Å². The molecule has 0 bridgehead atoms. The van der Waals surface area contributed by atoms with E-state index in [9.17, 15) is 0 Å². The molecule has 3 aromatic heterocycles. The highest BCUT2D eigenvalue weighted by Crippen LogP contribution is 2.44. The van der Waals surface area contributed by atoms with Gasteiger partial charge >= 0.3 is 0 Å². The van der Waals surface area contributed by atoms with Crippen molar-refractivity contribution in [2.24, 2.45) is 0 Å². The molecule has 0 fully saturated rings. The van der Waals surface area contributed by atoms with Crippen LogP contribution in [0.1, 0.15) is 0 Å². The van der Waals surface area contributed by atoms with Crippen molar-refractivity contribution in [3.63, 3.8) is 0 Å². The molecule has 0 aliphatic carbocycles. The van der Waals surface area contributed by atoms with E-state index in [4.69, 9.17) is 0 Å². The number of fused-ring (bicyclic) bond motifs is 11. The average molecular weight is 700 g/mol. The molecule has 0 amide bonds. The summed E-state index contributed by atoms with van der Waals surface area (Å²) < 4.78 is 4.91. The number of aromatic nitrogens is 2. The molecule has 0 spiro atoms. The van der Waals surface area contributed by atoms with Gasteiger partial charge < -0.3 is 4.90 Å². The van der Waals surface area contributed by atoms with Crippen LogP contribution in [0.2, 0.25) is 0 Å². The molecule has 12 aromatic rings. The SMILES string of the molecule is c1ccc2c(-c3ccc(N(c4ccc(-c5cccc6ccccc56)cc4)c4ccc5c6c7ccccc7n7c8ccccc8n(c5c4)c67)cc3)cccc2c1. The predicted octanol–water partition coefficient (Wildman–Crippen LogP) is 14.2. The van der Waals surface area contributed by atoms with Gasteiger partial charge in [-0.25, -0.2) is 0 Å². The molecule has 0 atom stereocenters. The third-order valence-corrected chi connectivity index (χ3v) is 11.6. The van der Waals surface area contributed by atoms with Gasteiger partial charge in [0.25, 0.3) is 0 Å². The van der Waals surface area contributed by atoms with Crippen molar-refractivity contribution < 1.29 is 0 Å². The first-order chi connectivity index (χ1) is 27.3. The monoisotopic (exact) mass is 699 g/mol. The Balaban J connectivity index is 1.06. The number of nitrogens with zero attached hydrogens (tertiary/aromatic N) is 3. The summed E-state index contributed by atoms with van der Waals surface area (Å²) in [5, 5.41) is 8.88. The Bertz CT molecular complexity index is 3280. The topological polar surface area (TPSA) is 12.1 Å². The molecule has 0 N–H and O–H groups in total. The number of hydrogen-bond acceptors (Lipinski definition) is 1. The largest absolute Gasteiger partial charge is 0.310 e. The van der Waals surface area contributed by atoms with Crippen LogP contribution < -0.4 is 4.90 Å². The quantitative estimate of drug-likeness (QED) is 0.174. The van der Waals surface area contributed by atoms with Gasteiger partial charge in [-0.05, 0) is 98.4 Å². The van der Waals surface area contributed by atoms with E-state index in [1.165, 1.54) is 87.7 Å². The Kier molecular flexibility index (Phi) is 6.34. The number of benzene rings is 9. The third kappa shape index (κ3) is 4.38. The van der Waals surface area contributed by atoms with E-state index >= 15 is 0 Å². The van der Waals surface area contributed by atoms with Gasteiger partial charge in [-0.3, -0.25) is 8.80 Å². The van der Waals surface area contributed by atoms with Crippen LogP contribution in [0.4, 0.5) is 17.1 Å². The molecule has 3 heterocycles. The lowest BCUT2D eigenvalue weighted by molar-refractivity contribution is 1.27. The Morgan fingerprint density at radius 2 is 0.745 bits per heavy atom. The summed E-state index contributed by atoms with van der Waals surface area (Å²) in [4.78, 5) is 2.40. The van der Waals surface area contributed by atoms with E-state index in [1.54, 1.807) is 0 Å². The molecule has 9 aromatic carbocycles. The van der Waals surface area contributed by atoms with Crippen molar-refractivity contribution in [1.29, 1.82) is 0 Å². The molecule has 0 saturated heterocycles. The van der Waals surface area contributed by atoms with Crippen molar-refractivity contribution in [2.45, 2.75) is 0 Å². The van der Waals surface area contributed by atoms with Gasteiger partial charge in [-0.2, -0.15) is 0 Å². The zero-order chi connectivity index (χ0) is 36.0. The highest BCUT2D eigenvalue weighted by Gasteiger charge is 2.24. The fourth-order valence-corrected chi connectivity index (χ4v) is 9.19. The lowest BCUT2D eigenvalue weighted by Crippen LogP contribution is -2.10. The van der Waals surface area contributed by atoms with E-state index in [0.29, 0.717) is 0 Å². The summed E-state index contributed by atoms with van der Waals surface area (Å²) in [5.41, 5.74) is 14.3. The Hall–Kier alpha value is -7.36. The fourth-order valence-electron chi connectivity index (χ4n) is 9.19. The van der Waals surface area contributed by atoms with Crippen molar-refractivity contribution >= 4 is 82.5 Å². The highest BCUT2D eigenvalue weighted by molar-refractivity contribution is 6.24. The molecule has 0 saturated carbocycles. The van der Waals surface area contributed by atoms with Gasteiger partial charge in [0.2, 0.25) is 0 Å². The Morgan fingerprint density at radius 3 is 1.33 bits per heavy atom. The summed E-state index contributed by atoms with van der Waals surface area (Å²) in [5.74, 6) is 0. The summed E-state index contributed by atoms with van der Waals surface area (Å²) in [6.07, 6.45) is 0. The molecule has 0 unspecified atom stereocenters. The second-order valence-electron chi connectivity index (χ2n) is 14.6. The number of para-hydroxylation sites is 3. The Labute approximate surface area is 317 Å². The second kappa shape index (κ2) is 11.6. The van der Waals surface area contributed by atoms with Crippen LogP contribution in [0.5, 0.6) is 0 Å². The standard InChI is InChI=1S/C52H33N3/c1-3-15-41-34(11-1)13-9-18-43(41)36-23-27-38(28-24-36)53(39-29-25-37(26-30-39)44-19-10-14-35-12-2-4-16-42(35)44)40-31-32-46-50(33-40)55-49-22-8-7-21-48(49)54-47-20-6-5-17-45(47)51(46)52(54)55/h1-33H. The van der Waals surface area contributed by atoms with E-state index in [1.807, 2.05) is 0 Å². The third-order valence-electron chi connectivity index (χ3n) is 11.6. The molecule has 3 heteroatoms. The molecule has 3 nitrogen and oxygen atoms in total. The highest BCUT2D eigenvalue weighted by atomic mass is 15.1. The van der Waals surface area contributed by atoms with Gasteiger partial charge in [0.1, 0.15) is 5.65 Å². The number of rotatable bonds is 5. The minimum absolute atomic E-state index is 1.11. The first kappa shape index (κ1) is 30.1. The average Bonchev–Trinajstić information content (AvgIpc) is 3.89. The molecular weight excluding hydrogens is 667 g/mol. The van der Waals surface area contributed by atoms with Crippen molar-refractivity contribution in [3.05, 3.63) is 200 Å². The van der Waals surface area contributed by atoms with Crippen molar-refractivity contribution in [2.75, 3.05) is 4.90 Å². The van der Waals surface area contributed by atoms with Gasteiger partial charge in [0, 0.05) is 33.2 Å². The minimum atomic E-state index is 1.11. The maximum absolute atomic E-state index is 2.47. The zero-order valence-corrected chi connectivity index (χ0v) is 29.9. The molecule has 12 rings (SSSR count). The second-order valence-corrected chi connectivity index (χ2v) is 14.6. The lowest BCUT2D eigenvalue weighted by atomic mass is 9.97. The van der Waals surface area contributed by atoms with Crippen LogP contribution in [0.15, 0.2) is 200 Å². The van der Waals surface area contributed by atoms with Crippen molar-refractivity contribution in [1.82, 2.24) is 8.80 Å². The maximum Gasteiger partial charge on any atom is 0.131 e. The van der Waals surface area contributed by atoms with Gasteiger partial charge in [0.05, 0.1) is 22.1 Å². The van der Waals surface area contributed by atoms with Crippen LogP contribution in [0, 0.1) is 0 Å². The summed E-state index contributed by atoms with van der Waals surface area (Å²) >= 11 is 0. The Morgan fingerprint density at radius 1 is 0.309 bits per heavy atom. The molecule has 0 radical (unpaired) electrons. The molecule has 256 valence electrons. The molecular formula is C52H33N3. The van der Waals surface area contributed by atoms with Gasteiger partial charge in [0.15, 0.2) is 0 Å². The molecule has 0 aliphatic heterocycles. The van der Waals surface area contributed by atoms with Gasteiger partial charge in [-0.15, -0.1) is 0 Å². The van der Waals surface area contributed by atoms with E-state index in [2.05, 4.69) is 214 Å². The zero-order valence-electron chi connectivity index (χ0n) is 29.9. The molecule has 0 aliphatic rings. The molecule has 55 heavy (non-hydrogen) atoms. The van der Waals surface area contributed by atoms with E-state index < -0.39 is 0 Å². The van der Waals surface area contributed by atoms with Crippen molar-refractivity contribution in [3.8, 4) is 22.3 Å². The fraction of sp³-hybridized carbons (Fsp3) is 0. The van der Waals surface area contributed by atoms with E-state index in [0.717, 1.165) is 17.1 Å². The normalized spacial score (nSPS) is 12.0. The number of hydrogen-bond donors (Lipinski definition) is 0. The summed E-state index contributed by atoms with van der Waals surface area (Å²) in [7, 11) is 0. The lowest BCUT2D eigenvalue weighted by Gasteiger charge is -2.26. The first-order valence-corrected chi connectivity index (χ1v) is 18.9. The predicted molar refractivity (Wildman–Crippen MR) is 233 cm³/mol. The van der Waals surface area contributed by atoms with Crippen LogP contribution in [0.3, 0.4) is 0 Å². The van der Waals surface area contributed by atoms with Crippen LogP contribution in [0.25, 0.3) is 87.7 Å². The number of imidazole rings is 1. The number of anilines is 3. The maximum atomic E-state index is 2.47. The summed E-state index contributed by atoms with van der Waals surface area (Å²) in [6.45, 7) is 0. The smallest absolute Gasteiger partial charge is 0.131 e. The summed E-state index contributed by atoms with van der Waals surface area (Å²) in [6, 6.07) is 73.1. The van der Waals surface area contributed by atoms with Crippen LogP contribution in [-0.2, 0) is 0 Å². The minimum Gasteiger partial charge on any atom is -0.310 e. The van der Waals surface area contributed by atoms with Crippen LogP contribution >= 0.6 is 0 Å². The van der Waals surface area contributed by atoms with E-state index in [-0.39, 0.29) is 0 Å². The first-order valence-electron chi connectivity index (χ1n) is 18.9.